The van der Waals surface area contributed by atoms with Crippen molar-refractivity contribution in [1.29, 1.82) is 0 Å². The SMILES string of the molecule is O=CN(C=O)CC(=O)C1CC(c2ccccc2)C1. The zero-order valence-corrected chi connectivity index (χ0v) is 9.99. The van der Waals surface area contributed by atoms with E-state index in [1.165, 1.54) is 5.56 Å². The topological polar surface area (TPSA) is 54.5 Å². The smallest absolute Gasteiger partial charge is 0.216 e. The number of ketones is 1. The van der Waals surface area contributed by atoms with Crippen LogP contribution >= 0.6 is 0 Å². The Balaban J connectivity index is 1.84. The molecule has 4 nitrogen and oxygen atoms in total. The van der Waals surface area contributed by atoms with E-state index in [0.29, 0.717) is 18.7 Å². The summed E-state index contributed by atoms with van der Waals surface area (Å²) in [4.78, 5) is 33.5. The highest BCUT2D eigenvalue weighted by Crippen LogP contribution is 2.41. The fourth-order valence-corrected chi connectivity index (χ4v) is 2.29. The molecule has 1 aromatic rings. The van der Waals surface area contributed by atoms with E-state index in [4.69, 9.17) is 0 Å². The van der Waals surface area contributed by atoms with E-state index in [-0.39, 0.29) is 18.2 Å². The summed E-state index contributed by atoms with van der Waals surface area (Å²) in [5.74, 6) is 0.389. The molecule has 1 aliphatic carbocycles. The molecule has 0 aliphatic heterocycles. The van der Waals surface area contributed by atoms with Gasteiger partial charge in [-0.3, -0.25) is 19.3 Å². The summed E-state index contributed by atoms with van der Waals surface area (Å²) in [6.45, 7) is -0.0980. The minimum Gasteiger partial charge on any atom is -0.297 e. The van der Waals surface area contributed by atoms with Crippen molar-refractivity contribution in [1.82, 2.24) is 4.90 Å². The highest BCUT2D eigenvalue weighted by atomic mass is 16.2. The summed E-state index contributed by atoms with van der Waals surface area (Å²) < 4.78 is 0. The van der Waals surface area contributed by atoms with Crippen LogP contribution in [0.4, 0.5) is 0 Å². The van der Waals surface area contributed by atoms with Crippen LogP contribution in [0.15, 0.2) is 30.3 Å². The van der Waals surface area contributed by atoms with E-state index in [0.717, 1.165) is 17.7 Å². The van der Waals surface area contributed by atoms with Crippen LogP contribution in [0, 0.1) is 5.92 Å². The van der Waals surface area contributed by atoms with Crippen molar-refractivity contribution >= 4 is 18.6 Å². The Morgan fingerprint density at radius 1 is 1.17 bits per heavy atom. The number of imide groups is 1. The molecule has 2 rings (SSSR count). The van der Waals surface area contributed by atoms with Gasteiger partial charge in [0.2, 0.25) is 12.8 Å². The van der Waals surface area contributed by atoms with E-state index in [2.05, 4.69) is 12.1 Å². The molecule has 0 radical (unpaired) electrons. The first kappa shape index (κ1) is 12.5. The van der Waals surface area contributed by atoms with Gasteiger partial charge in [0.05, 0.1) is 6.54 Å². The third-order valence-corrected chi connectivity index (χ3v) is 3.47. The molecule has 18 heavy (non-hydrogen) atoms. The van der Waals surface area contributed by atoms with Crippen LogP contribution in [-0.4, -0.2) is 30.0 Å². The van der Waals surface area contributed by atoms with E-state index in [1.54, 1.807) is 0 Å². The van der Waals surface area contributed by atoms with E-state index in [1.807, 2.05) is 18.2 Å². The predicted octanol–water partition coefficient (Wildman–Crippen LogP) is 1.36. The predicted molar refractivity (Wildman–Crippen MR) is 65.7 cm³/mol. The van der Waals surface area contributed by atoms with Crippen molar-refractivity contribution in [3.63, 3.8) is 0 Å². The van der Waals surface area contributed by atoms with Crippen LogP contribution in [0.3, 0.4) is 0 Å². The molecule has 4 heteroatoms. The van der Waals surface area contributed by atoms with Gasteiger partial charge in [0, 0.05) is 5.92 Å². The van der Waals surface area contributed by atoms with Crippen LogP contribution in [0.1, 0.15) is 24.3 Å². The third kappa shape index (κ3) is 2.64. The van der Waals surface area contributed by atoms with Crippen molar-refractivity contribution in [2.24, 2.45) is 5.92 Å². The first-order chi connectivity index (χ1) is 8.74. The number of benzene rings is 1. The largest absolute Gasteiger partial charge is 0.297 e. The number of rotatable bonds is 6. The average Bonchev–Trinajstić information content (AvgIpc) is 2.35. The van der Waals surface area contributed by atoms with Gasteiger partial charge in [0.15, 0.2) is 5.78 Å². The van der Waals surface area contributed by atoms with Crippen LogP contribution < -0.4 is 0 Å². The molecule has 0 saturated heterocycles. The molecule has 1 saturated carbocycles. The number of carbonyl (C=O) groups excluding carboxylic acids is 3. The van der Waals surface area contributed by atoms with Crippen molar-refractivity contribution < 1.29 is 14.4 Å². The number of amides is 2. The lowest BCUT2D eigenvalue weighted by atomic mass is 9.69. The van der Waals surface area contributed by atoms with Gasteiger partial charge < -0.3 is 0 Å². The summed E-state index contributed by atoms with van der Waals surface area (Å²) in [6, 6.07) is 10.1. The second-order valence-corrected chi connectivity index (χ2v) is 4.63. The lowest BCUT2D eigenvalue weighted by Crippen LogP contribution is -2.36. The Bertz CT molecular complexity index is 430. The van der Waals surface area contributed by atoms with Gasteiger partial charge in [-0.2, -0.15) is 0 Å². The zero-order chi connectivity index (χ0) is 13.0. The van der Waals surface area contributed by atoms with Gasteiger partial charge >= 0.3 is 0 Å². The summed E-state index contributed by atoms with van der Waals surface area (Å²) >= 11 is 0. The van der Waals surface area contributed by atoms with Crippen molar-refractivity contribution in [3.8, 4) is 0 Å². The third-order valence-electron chi connectivity index (χ3n) is 3.47. The maximum Gasteiger partial charge on any atom is 0.216 e. The van der Waals surface area contributed by atoms with Crippen LogP contribution in [0.25, 0.3) is 0 Å². The Kier molecular flexibility index (Phi) is 3.87. The van der Waals surface area contributed by atoms with Crippen LogP contribution in [0.5, 0.6) is 0 Å². The summed E-state index contributed by atoms with van der Waals surface area (Å²) in [6.07, 6.45) is 2.40. The molecule has 0 aromatic heterocycles. The average molecular weight is 245 g/mol. The molecule has 0 N–H and O–H groups in total. The van der Waals surface area contributed by atoms with Gasteiger partial charge in [-0.25, -0.2) is 0 Å². The number of nitrogens with zero attached hydrogens (tertiary/aromatic N) is 1. The summed E-state index contributed by atoms with van der Waals surface area (Å²) in [5.41, 5.74) is 1.25. The van der Waals surface area contributed by atoms with Gasteiger partial charge in [0.1, 0.15) is 0 Å². The van der Waals surface area contributed by atoms with Gasteiger partial charge in [0.25, 0.3) is 0 Å². The standard InChI is InChI=1S/C14H15NO3/c16-9-15(10-17)8-14(18)13-6-12(7-13)11-4-2-1-3-5-11/h1-5,9-10,12-13H,6-8H2. The van der Waals surface area contributed by atoms with E-state index in [9.17, 15) is 14.4 Å². The molecule has 94 valence electrons. The quantitative estimate of drug-likeness (QED) is 0.711. The Hall–Kier alpha value is -1.97. The molecule has 1 aromatic carbocycles. The van der Waals surface area contributed by atoms with Gasteiger partial charge in [-0.05, 0) is 24.3 Å². The number of hydrogen-bond donors (Lipinski definition) is 0. The zero-order valence-electron chi connectivity index (χ0n) is 9.99. The lowest BCUT2D eigenvalue weighted by molar-refractivity contribution is -0.137. The minimum absolute atomic E-state index is 0.0161. The second-order valence-electron chi connectivity index (χ2n) is 4.63. The van der Waals surface area contributed by atoms with Gasteiger partial charge in [-0.15, -0.1) is 0 Å². The maximum absolute atomic E-state index is 11.8. The monoisotopic (exact) mass is 245 g/mol. The Morgan fingerprint density at radius 2 is 1.78 bits per heavy atom. The fourth-order valence-electron chi connectivity index (χ4n) is 2.29. The van der Waals surface area contributed by atoms with Crippen molar-refractivity contribution in [3.05, 3.63) is 35.9 Å². The van der Waals surface area contributed by atoms with E-state index >= 15 is 0 Å². The summed E-state index contributed by atoms with van der Waals surface area (Å²) in [7, 11) is 0. The molecular weight excluding hydrogens is 230 g/mol. The molecule has 1 fully saturated rings. The molecule has 0 unspecified atom stereocenters. The molecule has 1 aliphatic rings. The van der Waals surface area contributed by atoms with E-state index < -0.39 is 0 Å². The van der Waals surface area contributed by atoms with Crippen LogP contribution in [0.2, 0.25) is 0 Å². The molecule has 0 atom stereocenters. The molecule has 2 amide bonds. The maximum atomic E-state index is 11.8. The molecule has 0 bridgehead atoms. The minimum atomic E-state index is -0.0980. The number of Topliss-reactive ketones (excluding diaryl/α,β-unsaturated/α-hetero) is 1. The fraction of sp³-hybridized carbons (Fsp3) is 0.357. The Morgan fingerprint density at radius 3 is 2.33 bits per heavy atom. The van der Waals surface area contributed by atoms with Crippen LogP contribution in [-0.2, 0) is 14.4 Å². The molecule has 0 heterocycles. The lowest BCUT2D eigenvalue weighted by Gasteiger charge is -2.35. The molecule has 0 spiro atoms. The van der Waals surface area contributed by atoms with Crippen molar-refractivity contribution in [2.75, 3.05) is 6.54 Å². The van der Waals surface area contributed by atoms with Gasteiger partial charge in [-0.1, -0.05) is 30.3 Å². The molecular formula is C14H15NO3. The number of hydrogen-bond acceptors (Lipinski definition) is 3. The highest BCUT2D eigenvalue weighted by molar-refractivity contribution is 5.88. The first-order valence-corrected chi connectivity index (χ1v) is 5.98. The second kappa shape index (κ2) is 5.58. The highest BCUT2D eigenvalue weighted by Gasteiger charge is 2.35. The number of carbonyl (C=O) groups is 3. The Labute approximate surface area is 106 Å². The normalized spacial score (nSPS) is 21.8. The summed E-state index contributed by atoms with van der Waals surface area (Å²) in [5, 5.41) is 0. The van der Waals surface area contributed by atoms with Crippen molar-refractivity contribution in [2.45, 2.75) is 18.8 Å². The first-order valence-electron chi connectivity index (χ1n) is 5.98.